The van der Waals surface area contributed by atoms with E-state index < -0.39 is 42.9 Å². The maximum atomic E-state index is 12.8. The van der Waals surface area contributed by atoms with Crippen LogP contribution in [0.25, 0.3) is 0 Å². The molecule has 0 unspecified atom stereocenters. The van der Waals surface area contributed by atoms with Gasteiger partial charge in [-0.2, -0.15) is 13.2 Å². The molecule has 0 fully saturated rings. The largest absolute Gasteiger partial charge is 0.390 e. The maximum absolute atomic E-state index is 12.8. The van der Waals surface area contributed by atoms with Crippen LogP contribution in [0.15, 0.2) is 24.3 Å². The van der Waals surface area contributed by atoms with Gasteiger partial charge in [-0.1, -0.05) is 12.1 Å². The minimum Gasteiger partial charge on any atom is -0.341 e. The van der Waals surface area contributed by atoms with Gasteiger partial charge in [-0.15, -0.1) is 0 Å². The number of alkyl halides is 3. The Bertz CT molecular complexity index is 517. The van der Waals surface area contributed by atoms with Gasteiger partial charge in [-0.25, -0.2) is 9.18 Å². The third kappa shape index (κ3) is 6.53. The second-order valence-corrected chi connectivity index (χ2v) is 4.43. The lowest BCUT2D eigenvalue weighted by Crippen LogP contribution is -2.43. The highest BCUT2D eigenvalue weighted by atomic mass is 19.4. The van der Waals surface area contributed by atoms with Gasteiger partial charge in [0.1, 0.15) is 5.82 Å². The second kappa shape index (κ2) is 7.74. The average Bonchev–Trinajstić information content (AvgIpc) is 2.43. The molecule has 0 spiro atoms. The van der Waals surface area contributed by atoms with Gasteiger partial charge >= 0.3 is 12.2 Å². The number of imide groups is 1. The van der Waals surface area contributed by atoms with Crippen LogP contribution in [0, 0.1) is 5.82 Å². The Morgan fingerprint density at radius 1 is 1.18 bits per heavy atom. The van der Waals surface area contributed by atoms with Gasteiger partial charge in [-0.3, -0.25) is 10.1 Å². The molecule has 22 heavy (non-hydrogen) atoms. The van der Waals surface area contributed by atoms with Gasteiger partial charge in [0.15, 0.2) is 0 Å². The molecule has 122 valence electrons. The van der Waals surface area contributed by atoms with Crippen LogP contribution >= 0.6 is 0 Å². The molecule has 0 aliphatic carbocycles. The Hall–Kier alpha value is -2.16. The molecule has 3 N–H and O–H groups in total. The molecule has 9 heteroatoms. The third-order valence-corrected chi connectivity index (χ3v) is 2.70. The van der Waals surface area contributed by atoms with E-state index in [4.69, 9.17) is 0 Å². The van der Waals surface area contributed by atoms with Crippen molar-refractivity contribution in [2.75, 3.05) is 13.6 Å². The van der Waals surface area contributed by atoms with Gasteiger partial charge in [0.05, 0.1) is 13.0 Å². The fraction of sp³-hybridized carbons (Fsp3) is 0.385. The van der Waals surface area contributed by atoms with Gasteiger partial charge in [0.2, 0.25) is 5.91 Å². The number of carbonyl (C=O) groups is 2. The van der Waals surface area contributed by atoms with Gasteiger partial charge < -0.3 is 10.6 Å². The Balaban J connectivity index is 2.72. The number of urea groups is 1. The van der Waals surface area contributed by atoms with E-state index in [9.17, 15) is 27.2 Å². The highest BCUT2D eigenvalue weighted by molar-refractivity contribution is 5.95. The Kier molecular flexibility index (Phi) is 6.29. The van der Waals surface area contributed by atoms with Gasteiger partial charge in [0.25, 0.3) is 0 Å². The number of nitrogens with one attached hydrogen (secondary N) is 3. The lowest BCUT2D eigenvalue weighted by atomic mass is 10.0. The van der Waals surface area contributed by atoms with E-state index in [1.54, 1.807) is 0 Å². The van der Waals surface area contributed by atoms with Crippen LogP contribution in [0.4, 0.5) is 22.4 Å². The van der Waals surface area contributed by atoms with Crippen LogP contribution in [0.5, 0.6) is 0 Å². The number of hydrogen-bond acceptors (Lipinski definition) is 3. The molecule has 5 nitrogen and oxygen atoms in total. The number of amides is 3. The fourth-order valence-corrected chi connectivity index (χ4v) is 1.68. The predicted molar refractivity (Wildman–Crippen MR) is 70.4 cm³/mol. The molecule has 0 radical (unpaired) electrons. The molecule has 1 atom stereocenters. The minimum absolute atomic E-state index is 0.187. The van der Waals surface area contributed by atoms with Crippen molar-refractivity contribution < 1.29 is 27.2 Å². The van der Waals surface area contributed by atoms with E-state index in [1.807, 2.05) is 5.32 Å². The van der Waals surface area contributed by atoms with E-state index in [0.29, 0.717) is 0 Å². The van der Waals surface area contributed by atoms with Crippen molar-refractivity contribution in [2.24, 2.45) is 0 Å². The van der Waals surface area contributed by atoms with Gasteiger partial charge in [-0.05, 0) is 17.7 Å². The fourth-order valence-electron chi connectivity index (χ4n) is 1.68. The van der Waals surface area contributed by atoms with Crippen LogP contribution in [-0.2, 0) is 4.79 Å². The first-order valence-electron chi connectivity index (χ1n) is 6.28. The van der Waals surface area contributed by atoms with E-state index in [2.05, 4.69) is 10.6 Å². The molecule has 1 aromatic rings. The lowest BCUT2D eigenvalue weighted by Gasteiger charge is -2.20. The smallest absolute Gasteiger partial charge is 0.341 e. The Morgan fingerprint density at radius 3 is 2.27 bits per heavy atom. The molecule has 1 rings (SSSR count). The lowest BCUT2D eigenvalue weighted by molar-refractivity contribution is -0.141. The molecule has 0 saturated heterocycles. The second-order valence-electron chi connectivity index (χ2n) is 4.43. The number of rotatable bonds is 5. The number of carbonyl (C=O) groups excluding carboxylic acids is 2. The maximum Gasteiger partial charge on any atom is 0.390 e. The van der Waals surface area contributed by atoms with Gasteiger partial charge in [0, 0.05) is 13.1 Å². The molecule has 0 saturated carbocycles. The first-order valence-corrected chi connectivity index (χ1v) is 6.28. The standard InChI is InChI=1S/C13H15F4N3O2/c1-18-12(22)20-11(21)7-19-10(6-13(15,16)17)8-2-4-9(14)5-3-8/h2-5,10,19H,6-7H2,1H3,(H2,18,20,21,22)/t10-/m1/s1. The molecular formula is C13H15F4N3O2. The van der Waals surface area contributed by atoms with Crippen molar-refractivity contribution in [3.63, 3.8) is 0 Å². The summed E-state index contributed by atoms with van der Waals surface area (Å²) in [6, 6.07) is 2.48. The zero-order chi connectivity index (χ0) is 16.8. The SMILES string of the molecule is CNC(=O)NC(=O)CN[C@H](CC(F)(F)F)c1ccc(F)cc1. The quantitative estimate of drug-likeness (QED) is 0.725. The Morgan fingerprint density at radius 2 is 1.77 bits per heavy atom. The molecule has 0 aliphatic heterocycles. The first kappa shape index (κ1) is 17.9. The van der Waals surface area contributed by atoms with E-state index in [-0.39, 0.29) is 5.56 Å². The summed E-state index contributed by atoms with van der Waals surface area (Å²) in [5, 5.41) is 6.46. The summed E-state index contributed by atoms with van der Waals surface area (Å²) >= 11 is 0. The van der Waals surface area contributed by atoms with E-state index >= 15 is 0 Å². The highest BCUT2D eigenvalue weighted by Crippen LogP contribution is 2.29. The number of hydrogen-bond donors (Lipinski definition) is 3. The molecule has 0 aromatic heterocycles. The predicted octanol–water partition coefficient (Wildman–Crippen LogP) is 1.86. The first-order chi connectivity index (χ1) is 10.2. The third-order valence-electron chi connectivity index (χ3n) is 2.70. The van der Waals surface area contributed by atoms with Crippen molar-refractivity contribution in [3.05, 3.63) is 35.6 Å². The monoisotopic (exact) mass is 321 g/mol. The van der Waals surface area contributed by atoms with E-state index in [0.717, 1.165) is 12.1 Å². The van der Waals surface area contributed by atoms with Crippen molar-refractivity contribution in [3.8, 4) is 0 Å². The molecular weight excluding hydrogens is 306 g/mol. The molecule has 0 heterocycles. The van der Waals surface area contributed by atoms with Crippen molar-refractivity contribution in [1.82, 2.24) is 16.0 Å². The minimum atomic E-state index is -4.47. The van der Waals surface area contributed by atoms with Crippen LogP contribution in [0.1, 0.15) is 18.0 Å². The zero-order valence-electron chi connectivity index (χ0n) is 11.6. The van der Waals surface area contributed by atoms with Crippen LogP contribution in [-0.4, -0.2) is 31.7 Å². The summed E-state index contributed by atoms with van der Waals surface area (Å²) < 4.78 is 50.6. The van der Waals surface area contributed by atoms with Crippen molar-refractivity contribution >= 4 is 11.9 Å². The van der Waals surface area contributed by atoms with Crippen molar-refractivity contribution in [2.45, 2.75) is 18.6 Å². The summed E-state index contributed by atoms with van der Waals surface area (Å²) in [5.74, 6) is -1.36. The summed E-state index contributed by atoms with van der Waals surface area (Å²) in [6.45, 7) is -0.495. The number of benzene rings is 1. The van der Waals surface area contributed by atoms with Crippen LogP contribution in [0.2, 0.25) is 0 Å². The summed E-state index contributed by atoms with van der Waals surface area (Å²) in [5.41, 5.74) is 0.187. The molecule has 1 aromatic carbocycles. The normalized spacial score (nSPS) is 12.6. The number of halogens is 4. The van der Waals surface area contributed by atoms with Crippen LogP contribution in [0.3, 0.4) is 0 Å². The summed E-state index contributed by atoms with van der Waals surface area (Å²) in [4.78, 5) is 22.3. The molecule has 3 amide bonds. The topological polar surface area (TPSA) is 70.2 Å². The average molecular weight is 321 g/mol. The highest BCUT2D eigenvalue weighted by Gasteiger charge is 2.32. The Labute approximate surface area is 124 Å². The van der Waals surface area contributed by atoms with Crippen LogP contribution < -0.4 is 16.0 Å². The van der Waals surface area contributed by atoms with Crippen molar-refractivity contribution in [1.29, 1.82) is 0 Å². The van der Waals surface area contributed by atoms with E-state index in [1.165, 1.54) is 19.2 Å². The summed E-state index contributed by atoms with van der Waals surface area (Å²) in [6.07, 6.45) is -5.70. The summed E-state index contributed by atoms with van der Waals surface area (Å²) in [7, 11) is 1.29. The molecule has 0 bridgehead atoms. The molecule has 0 aliphatic rings. The zero-order valence-corrected chi connectivity index (χ0v) is 11.6.